The molecule has 0 aromatic rings. The predicted molar refractivity (Wildman–Crippen MR) is 80.3 cm³/mol. The normalized spacial score (nSPS) is 19.4. The number of hydrogen-bond donors (Lipinski definition) is 2. The summed E-state index contributed by atoms with van der Waals surface area (Å²) in [5.41, 5.74) is 10.8. The molecule has 0 aromatic carbocycles. The van der Waals surface area contributed by atoms with Gasteiger partial charge in [0.2, 0.25) is 0 Å². The first kappa shape index (κ1) is 24.8. The Morgan fingerprint density at radius 2 is 1.48 bits per heavy atom. The van der Waals surface area contributed by atoms with E-state index >= 15 is 0 Å². The molecular weight excluding hydrogens is 481 g/mol. The van der Waals surface area contributed by atoms with Crippen LogP contribution in [0.4, 0.5) is 0 Å². The fraction of sp³-hybridized carbons (Fsp3) is 0.867. The van der Waals surface area contributed by atoms with E-state index in [2.05, 4.69) is 18.7 Å². The molecule has 0 unspecified atom stereocenters. The van der Waals surface area contributed by atoms with Crippen LogP contribution in [0.2, 0.25) is 0 Å². The molecule has 2 atom stereocenters. The van der Waals surface area contributed by atoms with E-state index in [0.717, 1.165) is 38.9 Å². The number of hydrogen-bond acceptors (Lipinski definition) is 7. The van der Waals surface area contributed by atoms with Crippen molar-refractivity contribution >= 4 is 11.9 Å². The molecule has 0 aromatic heterocycles. The van der Waals surface area contributed by atoms with Gasteiger partial charge in [0.15, 0.2) is 0 Å². The van der Waals surface area contributed by atoms with Crippen LogP contribution in [-0.4, -0.2) is 48.6 Å². The van der Waals surface area contributed by atoms with Crippen LogP contribution >= 0.6 is 0 Å². The summed E-state index contributed by atoms with van der Waals surface area (Å²) in [6.07, 6.45) is 3.69. The van der Waals surface area contributed by atoms with Crippen LogP contribution in [0.15, 0.2) is 0 Å². The molecule has 1 rings (SSSR count). The molecule has 7 nitrogen and oxygen atoms in total. The predicted octanol–water partition coefficient (Wildman–Crippen LogP) is -1.95. The van der Waals surface area contributed by atoms with Gasteiger partial charge >= 0.3 is 21.1 Å². The Hall–Kier alpha value is -0.492. The van der Waals surface area contributed by atoms with Gasteiger partial charge in [-0.2, -0.15) is 0 Å². The topological polar surface area (TPSA) is 136 Å². The van der Waals surface area contributed by atoms with Crippen LogP contribution < -0.4 is 21.7 Å². The van der Waals surface area contributed by atoms with Crippen LogP contribution in [-0.2, 0) is 30.7 Å². The van der Waals surface area contributed by atoms with Crippen molar-refractivity contribution in [3.63, 3.8) is 0 Å². The van der Waals surface area contributed by atoms with Crippen LogP contribution in [0, 0.1) is 5.92 Å². The molecule has 0 bridgehead atoms. The van der Waals surface area contributed by atoms with Gasteiger partial charge in [-0.05, 0) is 45.3 Å². The number of nitrogens with zero attached hydrogens (tertiary/aromatic N) is 1. The number of unbranched alkanes of at least 4 members (excludes halogenated alkanes) is 1. The van der Waals surface area contributed by atoms with Gasteiger partial charge in [-0.1, -0.05) is 20.3 Å². The second-order valence-electron chi connectivity index (χ2n) is 5.62. The van der Waals surface area contributed by atoms with Gasteiger partial charge in [0.05, 0.1) is 11.9 Å². The van der Waals surface area contributed by atoms with Gasteiger partial charge in [0.25, 0.3) is 0 Å². The second kappa shape index (κ2) is 13.9. The van der Waals surface area contributed by atoms with E-state index in [9.17, 15) is 19.8 Å². The maximum absolute atomic E-state index is 10.4. The molecule has 8 heteroatoms. The average molecular weight is 510 g/mol. The molecule has 0 saturated heterocycles. The van der Waals surface area contributed by atoms with E-state index in [1.54, 1.807) is 0 Å². The molecule has 1 aliphatic rings. The van der Waals surface area contributed by atoms with E-state index in [1.165, 1.54) is 0 Å². The third-order valence-electron chi connectivity index (χ3n) is 4.06. The zero-order valence-corrected chi connectivity index (χ0v) is 16.2. The van der Waals surface area contributed by atoms with Crippen molar-refractivity contribution in [2.75, 3.05) is 19.6 Å². The summed E-state index contributed by atoms with van der Waals surface area (Å²) in [6.45, 7) is 6.85. The summed E-state index contributed by atoms with van der Waals surface area (Å²) in [4.78, 5) is 23.1. The Morgan fingerprint density at radius 1 is 1.04 bits per heavy atom. The first-order chi connectivity index (χ1) is 10.3. The van der Waals surface area contributed by atoms with Gasteiger partial charge < -0.3 is 36.2 Å². The zero-order chi connectivity index (χ0) is 17.1. The fourth-order valence-electron chi connectivity index (χ4n) is 2.11. The van der Waals surface area contributed by atoms with Gasteiger partial charge in [-0.25, -0.2) is 0 Å². The Morgan fingerprint density at radius 3 is 1.74 bits per heavy atom. The van der Waals surface area contributed by atoms with Crippen molar-refractivity contribution < 1.29 is 40.9 Å². The van der Waals surface area contributed by atoms with Gasteiger partial charge in [0.1, 0.15) is 0 Å². The van der Waals surface area contributed by atoms with Crippen LogP contribution in [0.1, 0.15) is 46.0 Å². The monoisotopic (exact) mass is 510 g/mol. The summed E-state index contributed by atoms with van der Waals surface area (Å²) in [7, 11) is 0. The smallest absolute Gasteiger partial charge is 0.549 e. The Kier molecular flexibility index (Phi) is 15.0. The molecule has 23 heavy (non-hydrogen) atoms. The summed E-state index contributed by atoms with van der Waals surface area (Å²) < 4.78 is 0. The Balaban J connectivity index is 0. The maximum Gasteiger partial charge on any atom is 2.00 e. The molecule has 1 fully saturated rings. The maximum atomic E-state index is 10.4. The minimum Gasteiger partial charge on any atom is -0.549 e. The van der Waals surface area contributed by atoms with Gasteiger partial charge in [0, 0.05) is 18.0 Å². The second-order valence-corrected chi connectivity index (χ2v) is 5.62. The average Bonchev–Trinajstić information content (AvgIpc) is 2.48. The number of carboxylic acids is 2. The van der Waals surface area contributed by atoms with Crippen molar-refractivity contribution in [3.8, 4) is 0 Å². The fourth-order valence-corrected chi connectivity index (χ4v) is 2.11. The summed E-state index contributed by atoms with van der Waals surface area (Å²) in [5, 5.41) is 20.9. The largest absolute Gasteiger partial charge is 2.00 e. The van der Waals surface area contributed by atoms with Gasteiger partial charge in [-0.3, -0.25) is 0 Å². The van der Waals surface area contributed by atoms with E-state index in [1.807, 2.05) is 0 Å². The minimum atomic E-state index is -1.55. The number of rotatable bonds is 9. The van der Waals surface area contributed by atoms with Crippen molar-refractivity contribution in [2.45, 2.75) is 58.0 Å². The quantitative estimate of drug-likeness (QED) is 0.272. The third-order valence-corrected chi connectivity index (χ3v) is 4.06. The Bertz CT molecular complexity index is 319. The first-order valence-electron chi connectivity index (χ1n) is 7.98. The number of nitrogens with two attached hydrogens (primary N) is 2. The van der Waals surface area contributed by atoms with Crippen molar-refractivity contribution in [2.24, 2.45) is 17.4 Å². The number of aliphatic carboxylic acids is 2. The molecule has 0 radical (unpaired) electrons. The van der Waals surface area contributed by atoms with Crippen LogP contribution in [0.3, 0.4) is 0 Å². The number of carboxylic acid groups (broad SMARTS) is 2. The molecule has 4 N–H and O–H groups in total. The summed E-state index contributed by atoms with van der Waals surface area (Å²) >= 11 is 0. The van der Waals surface area contributed by atoms with E-state index in [4.69, 9.17) is 11.5 Å². The SMILES string of the molecule is CCN(CC)CCCCC(C(=O)[O-])C(=O)[O-].N[C@H]1CC[C@@H]1N.[Pt+2]. The van der Waals surface area contributed by atoms with E-state index < -0.39 is 17.9 Å². The van der Waals surface area contributed by atoms with Crippen molar-refractivity contribution in [1.29, 1.82) is 0 Å². The Labute approximate surface area is 153 Å². The van der Waals surface area contributed by atoms with Gasteiger partial charge in [-0.15, -0.1) is 0 Å². The molecule has 138 valence electrons. The first-order valence-corrected chi connectivity index (χ1v) is 7.98. The standard InChI is InChI=1S/C11H21NO4.C4H10N2.Pt/c1-3-12(4-2)8-6-5-7-9(10(13)14)11(15)16;5-3-1-2-4(3)6;/h9H,3-8H2,1-2H3,(H,13,14)(H,15,16);3-4H,1-2,5-6H2;/q;;+2/p-2/t;3-,4-;/m.0./s1. The van der Waals surface area contributed by atoms with Crippen LogP contribution in [0.5, 0.6) is 0 Å². The molecular formula is C15H29N3O4Pt. The molecule has 0 spiro atoms. The summed E-state index contributed by atoms with van der Waals surface area (Å²) in [6, 6.07) is 0.620. The van der Waals surface area contributed by atoms with E-state index in [-0.39, 0.29) is 27.5 Å². The molecule has 1 saturated carbocycles. The third kappa shape index (κ3) is 10.8. The number of carbonyl (C=O) groups excluding carboxylic acids is 2. The minimum absolute atomic E-state index is 0. The molecule has 0 amide bonds. The van der Waals surface area contributed by atoms with Crippen molar-refractivity contribution in [3.05, 3.63) is 0 Å². The molecule has 0 aliphatic heterocycles. The van der Waals surface area contributed by atoms with E-state index in [0.29, 0.717) is 18.5 Å². The zero-order valence-electron chi connectivity index (χ0n) is 13.9. The van der Waals surface area contributed by atoms with Crippen molar-refractivity contribution in [1.82, 2.24) is 4.90 Å². The van der Waals surface area contributed by atoms with Crippen LogP contribution in [0.25, 0.3) is 0 Å². The summed E-state index contributed by atoms with van der Waals surface area (Å²) in [5.74, 6) is -4.58. The number of carbonyl (C=O) groups is 2. The molecule has 1 aliphatic carbocycles. The molecule has 0 heterocycles.